The van der Waals surface area contributed by atoms with E-state index in [0.717, 1.165) is 11.1 Å². The van der Waals surface area contributed by atoms with Crippen LogP contribution in [0.25, 0.3) is 0 Å². The van der Waals surface area contributed by atoms with Gasteiger partial charge in [-0.25, -0.2) is 4.79 Å². The molecule has 0 radical (unpaired) electrons. The lowest BCUT2D eigenvalue weighted by molar-refractivity contribution is -0.173. The minimum atomic E-state index is -5.08. The Hall–Kier alpha value is -4.59. The lowest BCUT2D eigenvalue weighted by Crippen LogP contribution is -2.73. The molecule has 3 amide bonds. The predicted molar refractivity (Wildman–Crippen MR) is 166 cm³/mol. The summed E-state index contributed by atoms with van der Waals surface area (Å²) in [6.07, 6.45) is -10.6. The Labute approximate surface area is 279 Å². The molecule has 2 aliphatic heterocycles. The van der Waals surface area contributed by atoms with E-state index in [4.69, 9.17) is 10.5 Å². The maximum absolute atomic E-state index is 14.2. The Bertz CT molecular complexity index is 1590. The highest BCUT2D eigenvalue weighted by atomic mass is 19.4. The molecule has 262 valence electrons. The molecule has 0 bridgehead atoms. The van der Waals surface area contributed by atoms with Crippen molar-refractivity contribution in [1.82, 2.24) is 14.7 Å². The molecular formula is C35H36F6N4O4. The van der Waals surface area contributed by atoms with E-state index in [0.29, 0.717) is 31.5 Å². The number of amides is 3. The Morgan fingerprint density at radius 3 is 1.94 bits per heavy atom. The van der Waals surface area contributed by atoms with Crippen LogP contribution in [0.2, 0.25) is 0 Å². The smallest absolute Gasteiger partial charge is 0.416 e. The van der Waals surface area contributed by atoms with E-state index in [1.807, 2.05) is 48.5 Å². The first kappa shape index (κ1) is 35.7. The van der Waals surface area contributed by atoms with E-state index >= 15 is 0 Å². The van der Waals surface area contributed by atoms with Gasteiger partial charge < -0.3 is 20.3 Å². The molecule has 2 heterocycles. The van der Waals surface area contributed by atoms with E-state index in [-0.39, 0.29) is 50.4 Å². The van der Waals surface area contributed by atoms with Gasteiger partial charge in [-0.05, 0) is 67.1 Å². The molecule has 3 atom stereocenters. The zero-order valence-electron chi connectivity index (χ0n) is 26.4. The molecule has 0 aromatic heterocycles. The van der Waals surface area contributed by atoms with Gasteiger partial charge in [0, 0.05) is 13.1 Å². The summed E-state index contributed by atoms with van der Waals surface area (Å²) in [7, 11) is 0. The first-order valence-corrected chi connectivity index (χ1v) is 15.9. The number of hydrogen-bond donors (Lipinski definition) is 1. The molecule has 0 spiro atoms. The molecule has 2 aliphatic rings. The summed E-state index contributed by atoms with van der Waals surface area (Å²) < 4.78 is 86.3. The van der Waals surface area contributed by atoms with E-state index in [2.05, 4.69) is 0 Å². The van der Waals surface area contributed by atoms with Crippen molar-refractivity contribution >= 4 is 17.9 Å². The largest absolute Gasteiger partial charge is 0.444 e. The van der Waals surface area contributed by atoms with Crippen molar-refractivity contribution in [3.63, 3.8) is 0 Å². The maximum atomic E-state index is 14.2. The maximum Gasteiger partial charge on any atom is 0.416 e. The van der Waals surface area contributed by atoms with Gasteiger partial charge in [-0.2, -0.15) is 26.3 Å². The fourth-order valence-electron chi connectivity index (χ4n) is 6.38. The van der Waals surface area contributed by atoms with E-state index in [9.17, 15) is 40.7 Å². The SMILES string of the molecule is NCCCC[C@H]1C(=O)N(Cc2ccccc2)C[C@@H]2N(C(=O)OCc3cc(C(F)(F)F)cc(C(F)(F)F)c3)C[C@@H](Cc3ccccc3)C(=O)N21. The first-order chi connectivity index (χ1) is 23.3. The van der Waals surface area contributed by atoms with Crippen LogP contribution in [0, 0.1) is 5.92 Å². The summed E-state index contributed by atoms with van der Waals surface area (Å²) in [6.45, 7) is -0.563. The van der Waals surface area contributed by atoms with Gasteiger partial charge in [-0.3, -0.25) is 14.5 Å². The first-order valence-electron chi connectivity index (χ1n) is 15.9. The van der Waals surface area contributed by atoms with E-state index in [1.54, 1.807) is 17.0 Å². The second-order valence-electron chi connectivity index (χ2n) is 12.2. The van der Waals surface area contributed by atoms with Gasteiger partial charge in [-0.15, -0.1) is 0 Å². The van der Waals surface area contributed by atoms with Gasteiger partial charge in [0.05, 0.1) is 23.6 Å². The molecule has 2 N–H and O–H groups in total. The molecule has 14 heteroatoms. The number of carbonyl (C=O) groups excluding carboxylic acids is 3. The molecule has 3 aromatic carbocycles. The van der Waals surface area contributed by atoms with Gasteiger partial charge in [0.2, 0.25) is 11.8 Å². The second kappa shape index (κ2) is 14.9. The van der Waals surface area contributed by atoms with Crippen LogP contribution in [-0.2, 0) is 46.3 Å². The monoisotopic (exact) mass is 690 g/mol. The highest BCUT2D eigenvalue weighted by Crippen LogP contribution is 2.37. The Kier molecular flexibility index (Phi) is 10.9. The number of rotatable bonds is 10. The fraction of sp³-hybridized carbons (Fsp3) is 0.400. The van der Waals surface area contributed by atoms with Crippen LogP contribution in [0.15, 0.2) is 78.9 Å². The topological polar surface area (TPSA) is 96.2 Å². The predicted octanol–water partition coefficient (Wildman–Crippen LogP) is 6.23. The number of benzene rings is 3. The van der Waals surface area contributed by atoms with Gasteiger partial charge in [0.1, 0.15) is 18.8 Å². The molecule has 3 aromatic rings. The van der Waals surface area contributed by atoms with E-state index < -0.39 is 59.9 Å². The lowest BCUT2D eigenvalue weighted by Gasteiger charge is -2.53. The standard InChI is InChI=1S/C35H36F6N4O4/c36-34(37,38)27-16-25(17-28(18-27)35(39,40)41)22-49-33(48)44-20-26(15-23-9-3-1-4-10-23)31(46)45-29(13-7-8-14-42)32(47)43(21-30(44)45)19-24-11-5-2-6-12-24/h1-6,9-12,16-18,26,29-30H,7-8,13-15,19-22,42H2/t26-,29+,30-/m1/s1. The van der Waals surface area contributed by atoms with Gasteiger partial charge >= 0.3 is 18.4 Å². The number of nitrogens with zero attached hydrogens (tertiary/aromatic N) is 3. The molecule has 2 fully saturated rings. The van der Waals surface area contributed by atoms with Crippen molar-refractivity contribution in [2.45, 2.75) is 63.4 Å². The third-order valence-electron chi connectivity index (χ3n) is 8.74. The zero-order valence-corrected chi connectivity index (χ0v) is 26.4. The Morgan fingerprint density at radius 2 is 1.37 bits per heavy atom. The lowest BCUT2D eigenvalue weighted by atomic mass is 9.90. The van der Waals surface area contributed by atoms with Crippen LogP contribution in [0.5, 0.6) is 0 Å². The van der Waals surface area contributed by atoms with Crippen molar-refractivity contribution in [2.24, 2.45) is 11.7 Å². The van der Waals surface area contributed by atoms with Crippen molar-refractivity contribution in [3.05, 3.63) is 107 Å². The number of piperazine rings is 1. The quantitative estimate of drug-likeness (QED) is 0.201. The molecule has 0 unspecified atom stereocenters. The van der Waals surface area contributed by atoms with Crippen molar-refractivity contribution < 1.29 is 45.5 Å². The van der Waals surface area contributed by atoms with Crippen LogP contribution >= 0.6 is 0 Å². The Morgan fingerprint density at radius 1 is 0.776 bits per heavy atom. The van der Waals surface area contributed by atoms with Crippen LogP contribution in [0.4, 0.5) is 31.1 Å². The summed E-state index contributed by atoms with van der Waals surface area (Å²) in [4.78, 5) is 46.2. The summed E-state index contributed by atoms with van der Waals surface area (Å²) in [5.41, 5.74) is 3.75. The minimum Gasteiger partial charge on any atom is -0.444 e. The van der Waals surface area contributed by atoms with Crippen molar-refractivity contribution in [1.29, 1.82) is 0 Å². The van der Waals surface area contributed by atoms with Crippen molar-refractivity contribution in [2.75, 3.05) is 19.6 Å². The zero-order chi connectivity index (χ0) is 35.3. The molecule has 5 rings (SSSR count). The highest BCUT2D eigenvalue weighted by Gasteiger charge is 2.52. The molecule has 0 aliphatic carbocycles. The average Bonchev–Trinajstić information content (AvgIpc) is 3.06. The number of hydrogen-bond acceptors (Lipinski definition) is 5. The summed E-state index contributed by atoms with van der Waals surface area (Å²) in [5, 5.41) is 0. The fourth-order valence-corrected chi connectivity index (χ4v) is 6.38. The van der Waals surface area contributed by atoms with Gasteiger partial charge in [-0.1, -0.05) is 60.7 Å². The average molecular weight is 691 g/mol. The number of alkyl halides is 6. The summed E-state index contributed by atoms with van der Waals surface area (Å²) in [6, 6.07) is 18.2. The Balaban J connectivity index is 1.48. The molecule has 49 heavy (non-hydrogen) atoms. The molecule has 8 nitrogen and oxygen atoms in total. The van der Waals surface area contributed by atoms with E-state index in [1.165, 1.54) is 9.80 Å². The summed E-state index contributed by atoms with van der Waals surface area (Å²) >= 11 is 0. The minimum absolute atomic E-state index is 0.00120. The van der Waals surface area contributed by atoms with Gasteiger partial charge in [0.25, 0.3) is 0 Å². The number of nitrogens with two attached hydrogens (primary N) is 1. The highest BCUT2D eigenvalue weighted by molar-refractivity contribution is 5.91. The number of ether oxygens (including phenoxy) is 1. The van der Waals surface area contributed by atoms with Crippen molar-refractivity contribution in [3.8, 4) is 0 Å². The second-order valence-corrected chi connectivity index (χ2v) is 12.2. The number of halogens is 6. The van der Waals surface area contributed by atoms with Crippen LogP contribution < -0.4 is 5.73 Å². The molecule has 2 saturated heterocycles. The summed E-state index contributed by atoms with van der Waals surface area (Å²) in [5.74, 6) is -1.44. The third-order valence-corrected chi connectivity index (χ3v) is 8.74. The third kappa shape index (κ3) is 8.53. The van der Waals surface area contributed by atoms with Gasteiger partial charge in [0.15, 0.2) is 0 Å². The molecule has 0 saturated carbocycles. The normalized spacial score (nSPS) is 20.0. The van der Waals surface area contributed by atoms with Crippen LogP contribution in [0.3, 0.4) is 0 Å². The van der Waals surface area contributed by atoms with Crippen LogP contribution in [0.1, 0.15) is 47.1 Å². The number of carbonyl (C=O) groups is 3. The number of fused-ring (bicyclic) bond motifs is 1. The molecular weight excluding hydrogens is 654 g/mol. The number of unbranched alkanes of at least 4 members (excludes halogenated alkanes) is 1. The van der Waals surface area contributed by atoms with Crippen LogP contribution in [-0.4, -0.2) is 64.4 Å².